The minimum absolute atomic E-state index is 0.0689. The van der Waals surface area contributed by atoms with Gasteiger partial charge in [-0.25, -0.2) is 0 Å². The van der Waals surface area contributed by atoms with Crippen LogP contribution in [0.4, 0.5) is 5.69 Å². The Labute approximate surface area is 173 Å². The summed E-state index contributed by atoms with van der Waals surface area (Å²) in [5.74, 6) is 0.231. The minimum atomic E-state index is -0.340. The Morgan fingerprint density at radius 1 is 1.30 bits per heavy atom. The summed E-state index contributed by atoms with van der Waals surface area (Å²) in [4.78, 5) is 28.5. The van der Waals surface area contributed by atoms with Gasteiger partial charge in [0.05, 0.1) is 27.2 Å². The van der Waals surface area contributed by atoms with Crippen molar-refractivity contribution in [2.24, 2.45) is 5.92 Å². The lowest BCUT2D eigenvalue weighted by Crippen LogP contribution is -2.34. The standard InChI is InChI=1S/C20H22Cl2N2O2S/c1-3-12-7-8-16-13(9-12)10-17(27-16)20(26)24(2)11-18(25)23-19-14(21)5-4-6-15(19)22/h4-6,10,12H,3,7-9,11H2,1-2H3,(H,23,25)/t12-/m0/s1. The fourth-order valence-corrected chi connectivity index (χ4v) is 5.02. The van der Waals surface area contributed by atoms with Crippen molar-refractivity contribution in [1.82, 2.24) is 4.90 Å². The van der Waals surface area contributed by atoms with Gasteiger partial charge in [-0.1, -0.05) is 42.6 Å². The second-order valence-corrected chi connectivity index (χ2v) is 8.83. The van der Waals surface area contributed by atoms with Crippen LogP contribution in [0.15, 0.2) is 24.3 Å². The van der Waals surface area contributed by atoms with Gasteiger partial charge in [0.1, 0.15) is 0 Å². The van der Waals surface area contributed by atoms with Gasteiger partial charge in [0.25, 0.3) is 5.91 Å². The molecule has 144 valence electrons. The van der Waals surface area contributed by atoms with Crippen LogP contribution in [0.2, 0.25) is 10.0 Å². The summed E-state index contributed by atoms with van der Waals surface area (Å²) in [6.07, 6.45) is 4.45. The summed E-state index contributed by atoms with van der Waals surface area (Å²) in [7, 11) is 1.63. The molecular weight excluding hydrogens is 403 g/mol. The molecule has 0 saturated heterocycles. The molecule has 1 aliphatic rings. The summed E-state index contributed by atoms with van der Waals surface area (Å²) in [5.41, 5.74) is 1.66. The molecule has 0 aliphatic heterocycles. The number of carbonyl (C=O) groups excluding carboxylic acids is 2. The Morgan fingerprint density at radius 2 is 2.00 bits per heavy atom. The third kappa shape index (κ3) is 4.65. The van der Waals surface area contributed by atoms with Crippen LogP contribution in [0, 0.1) is 5.92 Å². The highest BCUT2D eigenvalue weighted by molar-refractivity contribution is 7.14. The maximum Gasteiger partial charge on any atom is 0.264 e. The van der Waals surface area contributed by atoms with E-state index in [1.54, 1.807) is 36.6 Å². The van der Waals surface area contributed by atoms with E-state index in [1.165, 1.54) is 28.2 Å². The van der Waals surface area contributed by atoms with Gasteiger partial charge in [-0.05, 0) is 48.9 Å². The highest BCUT2D eigenvalue weighted by Crippen LogP contribution is 2.34. The number of carbonyl (C=O) groups is 2. The molecule has 27 heavy (non-hydrogen) atoms. The molecule has 0 saturated carbocycles. The average molecular weight is 425 g/mol. The van der Waals surface area contributed by atoms with E-state index in [-0.39, 0.29) is 18.4 Å². The van der Waals surface area contributed by atoms with Gasteiger partial charge < -0.3 is 10.2 Å². The normalized spacial score (nSPS) is 15.9. The first-order valence-electron chi connectivity index (χ1n) is 9.00. The molecule has 0 radical (unpaired) electrons. The molecular formula is C20H22Cl2N2O2S. The summed E-state index contributed by atoms with van der Waals surface area (Å²) in [6.45, 7) is 2.15. The minimum Gasteiger partial charge on any atom is -0.332 e. The van der Waals surface area contributed by atoms with Crippen molar-refractivity contribution in [3.8, 4) is 0 Å². The summed E-state index contributed by atoms with van der Waals surface area (Å²) < 4.78 is 0. The van der Waals surface area contributed by atoms with Crippen molar-refractivity contribution >= 4 is 52.0 Å². The number of rotatable bonds is 5. The van der Waals surface area contributed by atoms with Crippen LogP contribution in [-0.2, 0) is 17.6 Å². The number of hydrogen-bond acceptors (Lipinski definition) is 3. The van der Waals surface area contributed by atoms with Crippen LogP contribution in [0.5, 0.6) is 0 Å². The Bertz CT molecular complexity index is 845. The first kappa shape index (κ1) is 20.2. The van der Waals surface area contributed by atoms with Crippen molar-refractivity contribution in [1.29, 1.82) is 0 Å². The topological polar surface area (TPSA) is 49.4 Å². The van der Waals surface area contributed by atoms with Crippen molar-refractivity contribution in [3.63, 3.8) is 0 Å². The van der Waals surface area contributed by atoms with Crippen LogP contribution in [-0.4, -0.2) is 30.3 Å². The van der Waals surface area contributed by atoms with E-state index < -0.39 is 0 Å². The Kier molecular flexibility index (Phi) is 6.45. The third-order valence-corrected chi connectivity index (χ3v) is 6.78. The molecule has 3 rings (SSSR count). The first-order valence-corrected chi connectivity index (χ1v) is 10.6. The van der Waals surface area contributed by atoms with Crippen LogP contribution >= 0.6 is 34.5 Å². The maximum atomic E-state index is 12.7. The number of likely N-dealkylation sites (N-methyl/N-ethyl adjacent to an activating group) is 1. The van der Waals surface area contributed by atoms with Crippen molar-refractivity contribution in [3.05, 3.63) is 49.6 Å². The highest BCUT2D eigenvalue weighted by Gasteiger charge is 2.24. The molecule has 1 aromatic carbocycles. The van der Waals surface area contributed by atoms with E-state index in [0.717, 1.165) is 12.8 Å². The fraction of sp³-hybridized carbons (Fsp3) is 0.400. The zero-order valence-electron chi connectivity index (χ0n) is 15.4. The van der Waals surface area contributed by atoms with Gasteiger partial charge in [0.2, 0.25) is 5.91 Å². The zero-order valence-corrected chi connectivity index (χ0v) is 17.7. The number of anilines is 1. The highest BCUT2D eigenvalue weighted by atomic mass is 35.5. The Hall–Kier alpha value is -1.56. The lowest BCUT2D eigenvalue weighted by molar-refractivity contribution is -0.116. The first-order chi connectivity index (χ1) is 12.9. The van der Waals surface area contributed by atoms with E-state index in [1.807, 2.05) is 6.07 Å². The summed E-state index contributed by atoms with van der Waals surface area (Å²) in [5, 5.41) is 3.41. The molecule has 1 heterocycles. The third-order valence-electron chi connectivity index (χ3n) is 4.93. The number of halogens is 2. The molecule has 1 atom stereocenters. The number of para-hydroxylation sites is 1. The molecule has 0 bridgehead atoms. The van der Waals surface area contributed by atoms with Gasteiger partial charge >= 0.3 is 0 Å². The number of fused-ring (bicyclic) bond motifs is 1. The largest absolute Gasteiger partial charge is 0.332 e. The molecule has 0 spiro atoms. The maximum absolute atomic E-state index is 12.7. The lowest BCUT2D eigenvalue weighted by atomic mass is 9.87. The number of thiophene rings is 1. The molecule has 0 fully saturated rings. The average Bonchev–Trinajstić information content (AvgIpc) is 3.07. The Balaban J connectivity index is 1.64. The molecule has 7 heteroatoms. The van der Waals surface area contributed by atoms with E-state index in [9.17, 15) is 9.59 Å². The smallest absolute Gasteiger partial charge is 0.264 e. The van der Waals surface area contributed by atoms with Crippen molar-refractivity contribution in [2.45, 2.75) is 32.6 Å². The predicted molar refractivity (Wildman–Crippen MR) is 112 cm³/mol. The quantitative estimate of drug-likeness (QED) is 0.709. The van der Waals surface area contributed by atoms with Gasteiger partial charge in [0, 0.05) is 11.9 Å². The molecule has 2 amide bonds. The van der Waals surface area contributed by atoms with Crippen molar-refractivity contribution < 1.29 is 9.59 Å². The van der Waals surface area contributed by atoms with Gasteiger partial charge in [-0.3, -0.25) is 9.59 Å². The number of benzene rings is 1. The molecule has 0 unspecified atom stereocenters. The number of amides is 2. The van der Waals surface area contributed by atoms with Crippen LogP contribution in [0.25, 0.3) is 0 Å². The van der Waals surface area contributed by atoms with E-state index >= 15 is 0 Å². The fourth-order valence-electron chi connectivity index (χ4n) is 3.32. The molecule has 4 nitrogen and oxygen atoms in total. The lowest BCUT2D eigenvalue weighted by Gasteiger charge is -2.19. The summed E-state index contributed by atoms with van der Waals surface area (Å²) >= 11 is 13.7. The Morgan fingerprint density at radius 3 is 2.67 bits per heavy atom. The van der Waals surface area contributed by atoms with Crippen LogP contribution in [0.1, 0.15) is 39.9 Å². The monoisotopic (exact) mass is 424 g/mol. The van der Waals surface area contributed by atoms with Crippen LogP contribution in [0.3, 0.4) is 0 Å². The van der Waals surface area contributed by atoms with Gasteiger partial charge in [0.15, 0.2) is 0 Å². The number of nitrogens with one attached hydrogen (secondary N) is 1. The summed E-state index contributed by atoms with van der Waals surface area (Å²) in [6, 6.07) is 7.01. The molecule has 1 aliphatic carbocycles. The van der Waals surface area contributed by atoms with Crippen molar-refractivity contribution in [2.75, 3.05) is 18.9 Å². The van der Waals surface area contributed by atoms with E-state index in [0.29, 0.717) is 26.5 Å². The van der Waals surface area contributed by atoms with Gasteiger partial charge in [-0.15, -0.1) is 11.3 Å². The zero-order chi connectivity index (χ0) is 19.6. The van der Waals surface area contributed by atoms with Gasteiger partial charge in [-0.2, -0.15) is 0 Å². The molecule has 2 aromatic rings. The number of nitrogens with zero attached hydrogens (tertiary/aromatic N) is 1. The van der Waals surface area contributed by atoms with Crippen LogP contribution < -0.4 is 5.32 Å². The second kappa shape index (κ2) is 8.63. The number of aryl methyl sites for hydroxylation is 1. The van der Waals surface area contributed by atoms with E-state index in [4.69, 9.17) is 23.2 Å². The second-order valence-electron chi connectivity index (χ2n) is 6.88. The molecule has 1 aromatic heterocycles. The SMILES string of the molecule is CC[C@H]1CCc2sc(C(=O)N(C)CC(=O)Nc3c(Cl)cccc3Cl)cc2C1. The van der Waals surface area contributed by atoms with E-state index in [2.05, 4.69) is 12.2 Å². The number of hydrogen-bond donors (Lipinski definition) is 1. The molecule has 1 N–H and O–H groups in total. The predicted octanol–water partition coefficient (Wildman–Crippen LogP) is 5.28.